The average Bonchev–Trinajstić information content (AvgIpc) is 3.39. The van der Waals surface area contributed by atoms with Gasteiger partial charge in [0.05, 0.1) is 13.2 Å². The zero-order chi connectivity index (χ0) is 17.1. The number of benzene rings is 1. The summed E-state index contributed by atoms with van der Waals surface area (Å²) in [6.07, 6.45) is 2.28. The maximum atomic E-state index is 12.2. The predicted octanol–water partition coefficient (Wildman–Crippen LogP) is 2.24. The molecule has 1 aromatic rings. The SMILES string of the molecule is COc1ccc(Br)cc1CN1CCN(C(C)C(=O)NC2CC2)CC1. The summed E-state index contributed by atoms with van der Waals surface area (Å²) in [4.78, 5) is 16.9. The molecular formula is C18H26BrN3O2. The van der Waals surface area contributed by atoms with Crippen molar-refractivity contribution in [3.8, 4) is 5.75 Å². The van der Waals surface area contributed by atoms with Crippen LogP contribution in [0.15, 0.2) is 22.7 Å². The van der Waals surface area contributed by atoms with Crippen LogP contribution in [0, 0.1) is 0 Å². The molecule has 132 valence electrons. The highest BCUT2D eigenvalue weighted by molar-refractivity contribution is 9.10. The van der Waals surface area contributed by atoms with Crippen molar-refractivity contribution in [2.45, 2.75) is 38.4 Å². The third-order valence-corrected chi connectivity index (χ3v) is 5.39. The number of halogens is 1. The largest absolute Gasteiger partial charge is 0.496 e. The third kappa shape index (κ3) is 4.49. The molecule has 1 aliphatic heterocycles. The van der Waals surface area contributed by atoms with Crippen LogP contribution >= 0.6 is 15.9 Å². The van der Waals surface area contributed by atoms with Crippen LogP contribution in [0.25, 0.3) is 0 Å². The predicted molar refractivity (Wildman–Crippen MR) is 98.2 cm³/mol. The van der Waals surface area contributed by atoms with E-state index in [0.717, 1.165) is 55.8 Å². The van der Waals surface area contributed by atoms with Gasteiger partial charge in [0.2, 0.25) is 5.91 Å². The number of nitrogens with zero attached hydrogens (tertiary/aromatic N) is 2. The Hall–Kier alpha value is -1.11. The molecule has 0 spiro atoms. The maximum absolute atomic E-state index is 12.2. The molecule has 0 bridgehead atoms. The van der Waals surface area contributed by atoms with E-state index in [-0.39, 0.29) is 11.9 Å². The van der Waals surface area contributed by atoms with Crippen LogP contribution in [0.2, 0.25) is 0 Å². The van der Waals surface area contributed by atoms with E-state index in [9.17, 15) is 4.79 Å². The van der Waals surface area contributed by atoms with Gasteiger partial charge in [0.1, 0.15) is 5.75 Å². The van der Waals surface area contributed by atoms with E-state index in [4.69, 9.17) is 4.74 Å². The third-order valence-electron chi connectivity index (χ3n) is 4.89. The lowest BCUT2D eigenvalue weighted by Crippen LogP contribution is -2.53. The molecule has 24 heavy (non-hydrogen) atoms. The van der Waals surface area contributed by atoms with Crippen LogP contribution < -0.4 is 10.1 Å². The van der Waals surface area contributed by atoms with Crippen LogP contribution in [0.3, 0.4) is 0 Å². The molecule has 1 heterocycles. The number of carbonyl (C=O) groups is 1. The molecule has 1 aromatic carbocycles. The maximum Gasteiger partial charge on any atom is 0.237 e. The van der Waals surface area contributed by atoms with Gasteiger partial charge in [-0.2, -0.15) is 0 Å². The van der Waals surface area contributed by atoms with Gasteiger partial charge in [-0.3, -0.25) is 14.6 Å². The highest BCUT2D eigenvalue weighted by Gasteiger charge is 2.30. The van der Waals surface area contributed by atoms with E-state index in [1.54, 1.807) is 7.11 Å². The van der Waals surface area contributed by atoms with Crippen molar-refractivity contribution in [3.05, 3.63) is 28.2 Å². The van der Waals surface area contributed by atoms with E-state index in [2.05, 4.69) is 37.1 Å². The molecule has 1 atom stereocenters. The number of ether oxygens (including phenoxy) is 1. The first-order valence-electron chi connectivity index (χ1n) is 8.66. The van der Waals surface area contributed by atoms with Gasteiger partial charge in [0, 0.05) is 48.8 Å². The Balaban J connectivity index is 1.51. The highest BCUT2D eigenvalue weighted by atomic mass is 79.9. The van der Waals surface area contributed by atoms with Gasteiger partial charge in [-0.15, -0.1) is 0 Å². The van der Waals surface area contributed by atoms with Crippen LogP contribution in [0.5, 0.6) is 5.75 Å². The van der Waals surface area contributed by atoms with Crippen molar-refractivity contribution in [1.82, 2.24) is 15.1 Å². The topological polar surface area (TPSA) is 44.8 Å². The number of piperazine rings is 1. The molecule has 1 saturated carbocycles. The zero-order valence-corrected chi connectivity index (χ0v) is 16.0. The Labute approximate surface area is 152 Å². The minimum Gasteiger partial charge on any atom is -0.496 e. The van der Waals surface area contributed by atoms with Crippen LogP contribution in [0.1, 0.15) is 25.3 Å². The molecule has 3 rings (SSSR count). The summed E-state index contributed by atoms with van der Waals surface area (Å²) in [5.74, 6) is 1.11. The number of amides is 1. The fourth-order valence-electron chi connectivity index (χ4n) is 3.14. The Morgan fingerprint density at radius 2 is 2.04 bits per heavy atom. The van der Waals surface area contributed by atoms with Gasteiger partial charge in [0.15, 0.2) is 0 Å². The molecule has 0 aromatic heterocycles. The minimum absolute atomic E-state index is 0.0341. The van der Waals surface area contributed by atoms with E-state index < -0.39 is 0 Å². The molecular weight excluding hydrogens is 370 g/mol. The smallest absolute Gasteiger partial charge is 0.237 e. The molecule has 6 heteroatoms. The monoisotopic (exact) mass is 395 g/mol. The summed E-state index contributed by atoms with van der Waals surface area (Å²) in [6.45, 7) is 6.68. The molecule has 0 radical (unpaired) electrons. The lowest BCUT2D eigenvalue weighted by Gasteiger charge is -2.37. The summed E-state index contributed by atoms with van der Waals surface area (Å²) in [7, 11) is 1.71. The summed E-state index contributed by atoms with van der Waals surface area (Å²) in [6, 6.07) is 6.52. The molecule has 1 aliphatic carbocycles. The number of methoxy groups -OCH3 is 1. The van der Waals surface area contributed by atoms with Gasteiger partial charge in [-0.1, -0.05) is 15.9 Å². The van der Waals surface area contributed by atoms with Gasteiger partial charge >= 0.3 is 0 Å². The fourth-order valence-corrected chi connectivity index (χ4v) is 3.54. The van der Waals surface area contributed by atoms with Crippen molar-refractivity contribution in [1.29, 1.82) is 0 Å². The summed E-state index contributed by atoms with van der Waals surface area (Å²) in [5.41, 5.74) is 1.19. The number of hydrogen-bond donors (Lipinski definition) is 1. The quantitative estimate of drug-likeness (QED) is 0.801. The van der Waals surface area contributed by atoms with Crippen LogP contribution in [0.4, 0.5) is 0 Å². The fraction of sp³-hybridized carbons (Fsp3) is 0.611. The second kappa shape index (κ2) is 7.85. The number of hydrogen-bond acceptors (Lipinski definition) is 4. The van der Waals surface area contributed by atoms with Gasteiger partial charge in [0.25, 0.3) is 0 Å². The van der Waals surface area contributed by atoms with Crippen LogP contribution in [-0.2, 0) is 11.3 Å². The molecule has 1 N–H and O–H groups in total. The minimum atomic E-state index is -0.0341. The molecule has 1 unspecified atom stereocenters. The molecule has 2 fully saturated rings. The average molecular weight is 396 g/mol. The molecule has 1 amide bonds. The van der Waals surface area contributed by atoms with Crippen molar-refractivity contribution in [2.75, 3.05) is 33.3 Å². The molecule has 2 aliphatic rings. The molecule has 1 saturated heterocycles. The lowest BCUT2D eigenvalue weighted by molar-refractivity contribution is -0.126. The summed E-state index contributed by atoms with van der Waals surface area (Å²) >= 11 is 3.53. The van der Waals surface area contributed by atoms with E-state index >= 15 is 0 Å². The van der Waals surface area contributed by atoms with E-state index in [1.165, 1.54) is 5.56 Å². The first kappa shape index (κ1) is 17.7. The number of carbonyl (C=O) groups excluding carboxylic acids is 1. The normalized spacial score (nSPS) is 20.6. The zero-order valence-electron chi connectivity index (χ0n) is 14.4. The van der Waals surface area contributed by atoms with Crippen molar-refractivity contribution >= 4 is 21.8 Å². The first-order chi connectivity index (χ1) is 11.6. The molecule has 5 nitrogen and oxygen atoms in total. The van der Waals surface area contributed by atoms with E-state index in [1.807, 2.05) is 19.1 Å². The van der Waals surface area contributed by atoms with Crippen LogP contribution in [-0.4, -0.2) is 61.1 Å². The summed E-state index contributed by atoms with van der Waals surface area (Å²) < 4.78 is 6.54. The number of rotatable bonds is 6. The van der Waals surface area contributed by atoms with Gasteiger partial charge in [-0.05, 0) is 38.0 Å². The van der Waals surface area contributed by atoms with Crippen molar-refractivity contribution < 1.29 is 9.53 Å². The number of nitrogens with one attached hydrogen (secondary N) is 1. The Kier molecular flexibility index (Phi) is 5.79. The van der Waals surface area contributed by atoms with Gasteiger partial charge in [-0.25, -0.2) is 0 Å². The Morgan fingerprint density at radius 3 is 2.67 bits per heavy atom. The van der Waals surface area contributed by atoms with Crippen molar-refractivity contribution in [2.24, 2.45) is 0 Å². The van der Waals surface area contributed by atoms with Crippen molar-refractivity contribution in [3.63, 3.8) is 0 Å². The van der Waals surface area contributed by atoms with Gasteiger partial charge < -0.3 is 10.1 Å². The first-order valence-corrected chi connectivity index (χ1v) is 9.45. The second-order valence-electron chi connectivity index (χ2n) is 6.73. The van der Waals surface area contributed by atoms with E-state index in [0.29, 0.717) is 6.04 Å². The standard InChI is InChI=1S/C18H26BrN3O2/c1-13(18(23)20-16-4-5-16)22-9-7-21(8-10-22)12-14-11-15(19)3-6-17(14)24-2/h3,6,11,13,16H,4-5,7-10,12H2,1-2H3,(H,20,23). The Morgan fingerprint density at radius 1 is 1.33 bits per heavy atom. The highest BCUT2D eigenvalue weighted by Crippen LogP contribution is 2.25. The Bertz CT molecular complexity index is 584. The summed E-state index contributed by atoms with van der Waals surface area (Å²) in [5, 5.41) is 3.11. The lowest BCUT2D eigenvalue weighted by atomic mass is 10.1. The second-order valence-corrected chi connectivity index (χ2v) is 7.64.